The highest BCUT2D eigenvalue weighted by atomic mass is 35.5. The monoisotopic (exact) mass is 652 g/mol. The zero-order chi connectivity index (χ0) is 31.4. The molecule has 2 aliphatic heterocycles. The standard InChI is InChI=1S/C29H32Cl2F6N4O2/c30-23-5-4-18(14-24(23)31)25(39-26(42)17-40-10-6-22(7-11-40)41-8-2-1-3-9-41)16-38-27(43)19-12-20(28(32,33)34)15-21(13-19)29(35,36)37/h4-5,12-15,22,25H,1-3,6-11,16-17H2,(H,38,43)(H,39,42). The molecule has 2 N–H and O–H groups in total. The van der Waals surface area contributed by atoms with Crippen molar-refractivity contribution < 1.29 is 35.9 Å². The normalized spacial score (nSPS) is 18.3. The molecule has 1 unspecified atom stereocenters. The molecule has 2 aromatic carbocycles. The number of rotatable bonds is 8. The third-order valence-electron chi connectivity index (χ3n) is 7.83. The molecule has 2 fully saturated rings. The lowest BCUT2D eigenvalue weighted by Crippen LogP contribution is -2.49. The molecule has 2 heterocycles. The molecule has 0 bridgehead atoms. The maximum atomic E-state index is 13.3. The maximum Gasteiger partial charge on any atom is 0.416 e. The summed E-state index contributed by atoms with van der Waals surface area (Å²) in [6, 6.07) is 4.75. The van der Waals surface area contributed by atoms with Gasteiger partial charge in [0.25, 0.3) is 5.91 Å². The summed E-state index contributed by atoms with van der Waals surface area (Å²) in [5.41, 5.74) is -3.60. The lowest BCUT2D eigenvalue weighted by atomic mass is 10.00. The molecular formula is C29H32Cl2F6N4O2. The van der Waals surface area contributed by atoms with E-state index in [2.05, 4.69) is 15.5 Å². The van der Waals surface area contributed by atoms with E-state index >= 15 is 0 Å². The molecule has 14 heteroatoms. The first-order valence-corrected chi connectivity index (χ1v) is 14.7. The minimum absolute atomic E-state index is 0.0507. The average Bonchev–Trinajstić information content (AvgIpc) is 2.96. The molecule has 2 aliphatic rings. The summed E-state index contributed by atoms with van der Waals surface area (Å²) in [5.74, 6) is -1.53. The van der Waals surface area contributed by atoms with E-state index in [4.69, 9.17) is 23.2 Å². The Bertz CT molecular complexity index is 1260. The molecule has 0 aromatic heterocycles. The summed E-state index contributed by atoms with van der Waals surface area (Å²) in [7, 11) is 0. The van der Waals surface area contributed by atoms with Crippen LogP contribution >= 0.6 is 23.2 Å². The number of carbonyl (C=O) groups is 2. The van der Waals surface area contributed by atoms with Crippen molar-refractivity contribution in [3.63, 3.8) is 0 Å². The number of likely N-dealkylation sites (tertiary alicyclic amines) is 2. The van der Waals surface area contributed by atoms with Gasteiger partial charge in [0.15, 0.2) is 0 Å². The van der Waals surface area contributed by atoms with Gasteiger partial charge in [0.05, 0.1) is 33.8 Å². The van der Waals surface area contributed by atoms with Crippen molar-refractivity contribution in [1.29, 1.82) is 0 Å². The first-order valence-electron chi connectivity index (χ1n) is 14.0. The Hall–Kier alpha value is -2.54. The summed E-state index contributed by atoms with van der Waals surface area (Å²) >= 11 is 12.2. The topological polar surface area (TPSA) is 64.7 Å². The van der Waals surface area contributed by atoms with E-state index in [0.29, 0.717) is 23.7 Å². The van der Waals surface area contributed by atoms with Crippen LogP contribution in [-0.4, -0.2) is 66.9 Å². The van der Waals surface area contributed by atoms with Gasteiger partial charge in [0.1, 0.15) is 0 Å². The third-order valence-corrected chi connectivity index (χ3v) is 8.57. The number of benzene rings is 2. The van der Waals surface area contributed by atoms with E-state index in [1.165, 1.54) is 31.4 Å². The van der Waals surface area contributed by atoms with E-state index in [-0.39, 0.29) is 35.1 Å². The van der Waals surface area contributed by atoms with E-state index in [1.807, 2.05) is 4.90 Å². The molecular weight excluding hydrogens is 621 g/mol. The van der Waals surface area contributed by atoms with E-state index in [0.717, 1.165) is 39.0 Å². The Morgan fingerprint density at radius 1 is 0.837 bits per heavy atom. The molecule has 0 aliphatic carbocycles. The smallest absolute Gasteiger partial charge is 0.350 e. The predicted molar refractivity (Wildman–Crippen MR) is 151 cm³/mol. The van der Waals surface area contributed by atoms with Gasteiger partial charge >= 0.3 is 12.4 Å². The van der Waals surface area contributed by atoms with Gasteiger partial charge in [0, 0.05) is 31.2 Å². The molecule has 0 saturated carbocycles. The van der Waals surface area contributed by atoms with Crippen LogP contribution in [0.1, 0.15) is 65.2 Å². The Morgan fingerprint density at radius 3 is 2.00 bits per heavy atom. The Labute approximate surface area is 255 Å². The van der Waals surface area contributed by atoms with Gasteiger partial charge < -0.3 is 15.5 Å². The first-order chi connectivity index (χ1) is 20.2. The van der Waals surface area contributed by atoms with Crippen LogP contribution in [0.3, 0.4) is 0 Å². The molecule has 0 radical (unpaired) electrons. The van der Waals surface area contributed by atoms with Gasteiger partial charge in [-0.15, -0.1) is 0 Å². The molecule has 2 saturated heterocycles. The largest absolute Gasteiger partial charge is 0.416 e. The third kappa shape index (κ3) is 9.23. The van der Waals surface area contributed by atoms with Crippen molar-refractivity contribution in [1.82, 2.24) is 20.4 Å². The van der Waals surface area contributed by atoms with Gasteiger partial charge in [0.2, 0.25) is 5.91 Å². The summed E-state index contributed by atoms with van der Waals surface area (Å²) in [5, 5.41) is 5.57. The molecule has 4 rings (SSSR count). The predicted octanol–water partition coefficient (Wildman–Crippen LogP) is 6.57. The van der Waals surface area contributed by atoms with Crippen molar-refractivity contribution in [2.75, 3.05) is 39.3 Å². The van der Waals surface area contributed by atoms with Gasteiger partial charge in [-0.05, 0) is 74.7 Å². The summed E-state index contributed by atoms with van der Waals surface area (Å²) in [6.45, 7) is 3.42. The summed E-state index contributed by atoms with van der Waals surface area (Å²) < 4.78 is 79.7. The van der Waals surface area contributed by atoms with Crippen molar-refractivity contribution in [2.24, 2.45) is 0 Å². The van der Waals surface area contributed by atoms with Crippen molar-refractivity contribution in [3.05, 3.63) is 68.7 Å². The fraction of sp³-hybridized carbons (Fsp3) is 0.517. The van der Waals surface area contributed by atoms with Gasteiger partial charge in [-0.25, -0.2) is 0 Å². The number of hydrogen-bond donors (Lipinski definition) is 2. The van der Waals surface area contributed by atoms with Gasteiger partial charge in [-0.2, -0.15) is 26.3 Å². The molecule has 2 amide bonds. The van der Waals surface area contributed by atoms with Crippen molar-refractivity contribution >= 4 is 35.0 Å². The lowest BCUT2D eigenvalue weighted by molar-refractivity contribution is -0.143. The van der Waals surface area contributed by atoms with Crippen LogP contribution in [0.5, 0.6) is 0 Å². The number of nitrogens with one attached hydrogen (secondary N) is 2. The first kappa shape index (κ1) is 33.4. The highest BCUT2D eigenvalue weighted by Crippen LogP contribution is 2.36. The maximum absolute atomic E-state index is 13.3. The van der Waals surface area contributed by atoms with Crippen LogP contribution in [0.15, 0.2) is 36.4 Å². The average molecular weight is 653 g/mol. The number of halogens is 8. The molecule has 0 spiro atoms. The molecule has 43 heavy (non-hydrogen) atoms. The summed E-state index contributed by atoms with van der Waals surface area (Å²) in [4.78, 5) is 30.4. The number of alkyl halides is 6. The van der Waals surface area contributed by atoms with Gasteiger partial charge in [-0.1, -0.05) is 35.7 Å². The van der Waals surface area contributed by atoms with Crippen LogP contribution in [0, 0.1) is 0 Å². The quantitative estimate of drug-likeness (QED) is 0.317. The Balaban J connectivity index is 1.43. The Kier molecular flexibility index (Phi) is 10.9. The van der Waals surface area contributed by atoms with Crippen LogP contribution in [0.4, 0.5) is 26.3 Å². The molecule has 1 atom stereocenters. The number of nitrogens with zero attached hydrogens (tertiary/aromatic N) is 2. The van der Waals surface area contributed by atoms with Crippen molar-refractivity contribution in [3.8, 4) is 0 Å². The fourth-order valence-electron chi connectivity index (χ4n) is 5.53. The minimum Gasteiger partial charge on any atom is -0.350 e. The zero-order valence-corrected chi connectivity index (χ0v) is 24.6. The van der Waals surface area contributed by atoms with Crippen molar-refractivity contribution in [2.45, 2.75) is 56.5 Å². The lowest BCUT2D eigenvalue weighted by Gasteiger charge is -2.40. The highest BCUT2D eigenvalue weighted by molar-refractivity contribution is 6.42. The van der Waals surface area contributed by atoms with Crippen LogP contribution in [0.25, 0.3) is 0 Å². The van der Waals surface area contributed by atoms with Crippen LogP contribution in [0.2, 0.25) is 10.0 Å². The van der Waals surface area contributed by atoms with E-state index in [1.54, 1.807) is 6.07 Å². The molecule has 236 valence electrons. The summed E-state index contributed by atoms with van der Waals surface area (Å²) in [6.07, 6.45) is -4.67. The number of amides is 2. The zero-order valence-electron chi connectivity index (χ0n) is 23.1. The second-order valence-corrected chi connectivity index (χ2v) is 11.7. The molecule has 2 aromatic rings. The SMILES string of the molecule is O=C(CN1CCC(N2CCCCC2)CC1)NC(CNC(=O)c1cc(C(F)(F)F)cc(C(F)(F)F)c1)c1ccc(Cl)c(Cl)c1. The second-order valence-electron chi connectivity index (χ2n) is 10.9. The Morgan fingerprint density at radius 2 is 1.44 bits per heavy atom. The van der Waals surface area contributed by atoms with Crippen LogP contribution in [-0.2, 0) is 17.1 Å². The number of carbonyl (C=O) groups excluding carboxylic acids is 2. The van der Waals surface area contributed by atoms with Gasteiger partial charge in [-0.3, -0.25) is 14.5 Å². The fourth-order valence-corrected chi connectivity index (χ4v) is 5.84. The van der Waals surface area contributed by atoms with Crippen LogP contribution < -0.4 is 10.6 Å². The van der Waals surface area contributed by atoms with E-state index < -0.39 is 41.0 Å². The van der Waals surface area contributed by atoms with E-state index in [9.17, 15) is 35.9 Å². The second kappa shape index (κ2) is 14.0. The number of piperidine rings is 2. The molecule has 6 nitrogen and oxygen atoms in total. The number of hydrogen-bond acceptors (Lipinski definition) is 4. The highest BCUT2D eigenvalue weighted by Gasteiger charge is 2.37. The minimum atomic E-state index is -5.10.